The van der Waals surface area contributed by atoms with Crippen molar-refractivity contribution < 1.29 is 27.2 Å². The molecular weight excluding hydrogens is 352 g/mol. The zero-order valence-corrected chi connectivity index (χ0v) is 12.8. The molecule has 0 spiro atoms. The molecule has 4 rings (SSSR count). The standard InChI is InChI=1S/C18H8F4N2O2/c19-9-3-1-7(2-4-9)15-12-13(18(26)23-15)16(24-17(12)25)8-5-10(20)14(22)11(21)6-8/h1-6H,(H,23,26)(H,24,25). The molecule has 0 aliphatic carbocycles. The fourth-order valence-electron chi connectivity index (χ4n) is 2.93. The lowest BCUT2D eigenvalue weighted by atomic mass is 10.0. The predicted molar refractivity (Wildman–Crippen MR) is 82.8 cm³/mol. The Hall–Kier alpha value is -3.42. The highest BCUT2D eigenvalue weighted by Gasteiger charge is 2.41. The first kappa shape index (κ1) is 16.1. The molecule has 2 aromatic rings. The van der Waals surface area contributed by atoms with Crippen molar-refractivity contribution in [2.24, 2.45) is 0 Å². The van der Waals surface area contributed by atoms with Crippen LogP contribution in [0.5, 0.6) is 0 Å². The van der Waals surface area contributed by atoms with E-state index in [-0.39, 0.29) is 28.1 Å². The minimum absolute atomic E-state index is 0.0262. The third kappa shape index (κ3) is 2.30. The van der Waals surface area contributed by atoms with Crippen LogP contribution in [0.1, 0.15) is 11.1 Å². The molecule has 2 N–H and O–H groups in total. The molecular formula is C18H8F4N2O2. The Morgan fingerprint density at radius 1 is 0.654 bits per heavy atom. The van der Waals surface area contributed by atoms with Crippen molar-refractivity contribution in [2.45, 2.75) is 0 Å². The highest BCUT2D eigenvalue weighted by Crippen LogP contribution is 2.37. The lowest BCUT2D eigenvalue weighted by molar-refractivity contribution is -0.117. The first-order valence-electron chi connectivity index (χ1n) is 7.39. The van der Waals surface area contributed by atoms with Crippen LogP contribution in [0.25, 0.3) is 11.4 Å². The van der Waals surface area contributed by atoms with Crippen LogP contribution in [0.15, 0.2) is 47.5 Å². The summed E-state index contributed by atoms with van der Waals surface area (Å²) < 4.78 is 53.3. The Labute approximate surface area is 143 Å². The minimum Gasteiger partial charge on any atom is -0.321 e. The van der Waals surface area contributed by atoms with Gasteiger partial charge in [-0.15, -0.1) is 0 Å². The molecule has 2 amide bonds. The van der Waals surface area contributed by atoms with Gasteiger partial charge < -0.3 is 10.6 Å². The SMILES string of the molecule is O=C1NC(c2cc(F)c(F)c(F)c2)=C2C(=O)NC(c3ccc(F)cc3)=C12. The number of hydrogen-bond acceptors (Lipinski definition) is 2. The quantitative estimate of drug-likeness (QED) is 0.639. The van der Waals surface area contributed by atoms with Gasteiger partial charge in [0, 0.05) is 5.56 Å². The molecule has 2 aliphatic rings. The van der Waals surface area contributed by atoms with Gasteiger partial charge in [0.1, 0.15) is 5.82 Å². The molecule has 0 aromatic heterocycles. The minimum atomic E-state index is -1.65. The van der Waals surface area contributed by atoms with Crippen LogP contribution in [0.4, 0.5) is 17.6 Å². The zero-order valence-electron chi connectivity index (χ0n) is 12.8. The number of hydrogen-bond donors (Lipinski definition) is 2. The summed E-state index contributed by atoms with van der Waals surface area (Å²) in [5.74, 6) is -6.37. The first-order valence-corrected chi connectivity index (χ1v) is 7.39. The second-order valence-electron chi connectivity index (χ2n) is 5.67. The summed E-state index contributed by atoms with van der Waals surface area (Å²) >= 11 is 0. The van der Waals surface area contributed by atoms with Crippen molar-refractivity contribution in [3.63, 3.8) is 0 Å². The van der Waals surface area contributed by atoms with Crippen molar-refractivity contribution in [3.05, 3.63) is 81.9 Å². The van der Waals surface area contributed by atoms with E-state index < -0.39 is 35.1 Å². The van der Waals surface area contributed by atoms with Gasteiger partial charge in [-0.3, -0.25) is 9.59 Å². The second-order valence-corrected chi connectivity index (χ2v) is 5.67. The summed E-state index contributed by atoms with van der Waals surface area (Å²) in [4.78, 5) is 24.7. The van der Waals surface area contributed by atoms with Gasteiger partial charge >= 0.3 is 0 Å². The molecule has 0 saturated carbocycles. The van der Waals surface area contributed by atoms with Crippen molar-refractivity contribution in [1.82, 2.24) is 10.6 Å². The summed E-state index contributed by atoms with van der Waals surface area (Å²) in [6, 6.07) is 6.46. The Bertz CT molecular complexity index is 1030. The van der Waals surface area contributed by atoms with E-state index in [2.05, 4.69) is 10.6 Å². The number of fused-ring (bicyclic) bond motifs is 1. The van der Waals surface area contributed by atoms with Gasteiger partial charge in [-0.25, -0.2) is 17.6 Å². The molecule has 2 heterocycles. The number of carbonyl (C=O) groups is 2. The fourth-order valence-corrected chi connectivity index (χ4v) is 2.93. The van der Waals surface area contributed by atoms with E-state index in [4.69, 9.17) is 0 Å². The average Bonchev–Trinajstić information content (AvgIpc) is 3.12. The van der Waals surface area contributed by atoms with Crippen molar-refractivity contribution in [1.29, 1.82) is 0 Å². The van der Waals surface area contributed by atoms with Crippen LogP contribution >= 0.6 is 0 Å². The van der Waals surface area contributed by atoms with Gasteiger partial charge in [0.05, 0.1) is 22.5 Å². The maximum Gasteiger partial charge on any atom is 0.258 e. The van der Waals surface area contributed by atoms with Crippen molar-refractivity contribution >= 4 is 23.2 Å². The van der Waals surface area contributed by atoms with Gasteiger partial charge in [-0.05, 0) is 42.0 Å². The summed E-state index contributed by atoms with van der Waals surface area (Å²) in [5, 5.41) is 4.88. The third-order valence-electron chi connectivity index (χ3n) is 4.09. The zero-order chi connectivity index (χ0) is 18.6. The molecule has 8 heteroatoms. The smallest absolute Gasteiger partial charge is 0.258 e. The Kier molecular flexibility index (Phi) is 3.43. The van der Waals surface area contributed by atoms with E-state index >= 15 is 0 Å². The maximum atomic E-state index is 13.5. The highest BCUT2D eigenvalue weighted by molar-refractivity contribution is 6.30. The van der Waals surface area contributed by atoms with Crippen LogP contribution in [-0.2, 0) is 9.59 Å². The van der Waals surface area contributed by atoms with Crippen LogP contribution < -0.4 is 10.6 Å². The number of nitrogens with one attached hydrogen (secondary N) is 2. The van der Waals surface area contributed by atoms with Crippen LogP contribution in [0.3, 0.4) is 0 Å². The van der Waals surface area contributed by atoms with Gasteiger partial charge in [-0.1, -0.05) is 0 Å². The molecule has 0 atom stereocenters. The normalized spacial score (nSPS) is 16.2. The largest absolute Gasteiger partial charge is 0.321 e. The van der Waals surface area contributed by atoms with Crippen molar-refractivity contribution in [3.8, 4) is 0 Å². The molecule has 0 bridgehead atoms. The van der Waals surface area contributed by atoms with E-state index in [1.165, 1.54) is 12.1 Å². The molecule has 0 unspecified atom stereocenters. The Morgan fingerprint density at radius 2 is 1.12 bits per heavy atom. The number of rotatable bonds is 2. The molecule has 0 radical (unpaired) electrons. The van der Waals surface area contributed by atoms with Crippen molar-refractivity contribution in [2.75, 3.05) is 0 Å². The lowest BCUT2D eigenvalue weighted by Crippen LogP contribution is -2.21. The van der Waals surface area contributed by atoms with E-state index in [0.29, 0.717) is 17.7 Å². The second kappa shape index (κ2) is 5.55. The fraction of sp³-hybridized carbons (Fsp3) is 0. The average molecular weight is 360 g/mol. The molecule has 2 aromatic carbocycles. The number of benzene rings is 2. The molecule has 2 aliphatic heterocycles. The number of halogens is 4. The van der Waals surface area contributed by atoms with Gasteiger partial charge in [0.15, 0.2) is 17.5 Å². The third-order valence-corrected chi connectivity index (χ3v) is 4.09. The van der Waals surface area contributed by atoms with E-state index in [1.807, 2.05) is 0 Å². The highest BCUT2D eigenvalue weighted by atomic mass is 19.2. The van der Waals surface area contributed by atoms with Crippen LogP contribution in [-0.4, -0.2) is 11.8 Å². The number of amides is 2. The molecule has 0 saturated heterocycles. The number of carbonyl (C=O) groups excluding carboxylic acids is 2. The maximum absolute atomic E-state index is 13.5. The molecule has 0 fully saturated rings. The summed E-state index contributed by atoms with van der Waals surface area (Å²) in [6.45, 7) is 0. The van der Waals surface area contributed by atoms with Crippen LogP contribution in [0.2, 0.25) is 0 Å². The van der Waals surface area contributed by atoms with E-state index in [9.17, 15) is 27.2 Å². The topological polar surface area (TPSA) is 58.2 Å². The lowest BCUT2D eigenvalue weighted by Gasteiger charge is -2.08. The van der Waals surface area contributed by atoms with Gasteiger partial charge in [-0.2, -0.15) is 0 Å². The Balaban J connectivity index is 1.91. The predicted octanol–water partition coefficient (Wildman–Crippen LogP) is 2.63. The Morgan fingerprint density at radius 3 is 1.62 bits per heavy atom. The first-order chi connectivity index (χ1) is 12.4. The molecule has 26 heavy (non-hydrogen) atoms. The summed E-state index contributed by atoms with van der Waals surface area (Å²) in [7, 11) is 0. The van der Waals surface area contributed by atoms with E-state index in [1.54, 1.807) is 0 Å². The molecule has 130 valence electrons. The van der Waals surface area contributed by atoms with Crippen LogP contribution in [0, 0.1) is 23.3 Å². The summed E-state index contributed by atoms with van der Waals surface area (Å²) in [5.41, 5.74) is 0.0901. The monoisotopic (exact) mass is 360 g/mol. The molecule has 4 nitrogen and oxygen atoms in total. The van der Waals surface area contributed by atoms with Gasteiger partial charge in [0.2, 0.25) is 0 Å². The van der Waals surface area contributed by atoms with Gasteiger partial charge in [0.25, 0.3) is 11.8 Å². The summed E-state index contributed by atoms with van der Waals surface area (Å²) in [6.07, 6.45) is 0. The van der Waals surface area contributed by atoms with E-state index in [0.717, 1.165) is 12.1 Å².